The average molecular weight is 385 g/mol. The predicted molar refractivity (Wildman–Crippen MR) is 102 cm³/mol. The summed E-state index contributed by atoms with van der Waals surface area (Å²) in [4.78, 5) is 13.5. The number of aryl methyl sites for hydroxylation is 2. The van der Waals surface area contributed by atoms with Crippen molar-refractivity contribution in [2.24, 2.45) is 0 Å². The molecular formula is C19H23N5O4. The van der Waals surface area contributed by atoms with Gasteiger partial charge < -0.3 is 25.4 Å². The van der Waals surface area contributed by atoms with E-state index >= 15 is 0 Å². The summed E-state index contributed by atoms with van der Waals surface area (Å²) in [5.41, 5.74) is 3.09. The van der Waals surface area contributed by atoms with Crippen LogP contribution in [0, 0.1) is 0 Å². The molecule has 0 spiro atoms. The van der Waals surface area contributed by atoms with Crippen molar-refractivity contribution in [3.05, 3.63) is 47.9 Å². The Hall–Kier alpha value is -2.59. The summed E-state index contributed by atoms with van der Waals surface area (Å²) in [5, 5.41) is 32.7. The van der Waals surface area contributed by atoms with Gasteiger partial charge in [-0.1, -0.05) is 30.3 Å². The number of hydrogen-bond donors (Lipinski definition) is 4. The smallest absolute Gasteiger partial charge is 0.224 e. The number of aliphatic hydroxyl groups is 3. The number of aromatic nitrogens is 4. The highest BCUT2D eigenvalue weighted by Crippen LogP contribution is 2.32. The summed E-state index contributed by atoms with van der Waals surface area (Å²) >= 11 is 0. The van der Waals surface area contributed by atoms with E-state index in [0.29, 0.717) is 23.5 Å². The average Bonchev–Trinajstić information content (AvgIpc) is 3.28. The van der Waals surface area contributed by atoms with Gasteiger partial charge in [0.05, 0.1) is 18.6 Å². The first-order valence-electron chi connectivity index (χ1n) is 9.20. The van der Waals surface area contributed by atoms with Crippen molar-refractivity contribution in [2.45, 2.75) is 37.4 Å². The van der Waals surface area contributed by atoms with Gasteiger partial charge in [-0.3, -0.25) is 4.57 Å². The van der Waals surface area contributed by atoms with Crippen LogP contribution in [0.2, 0.25) is 0 Å². The van der Waals surface area contributed by atoms with Crippen LogP contribution in [0.15, 0.2) is 36.7 Å². The monoisotopic (exact) mass is 385 g/mol. The molecule has 1 aliphatic heterocycles. The van der Waals surface area contributed by atoms with Gasteiger partial charge in [0.25, 0.3) is 0 Å². The van der Waals surface area contributed by atoms with E-state index in [2.05, 4.69) is 32.4 Å². The number of imidazole rings is 1. The molecule has 9 nitrogen and oxygen atoms in total. The second kappa shape index (κ2) is 7.80. The van der Waals surface area contributed by atoms with Crippen LogP contribution in [-0.4, -0.2) is 66.8 Å². The SMILES string of the molecule is CNc1nc(CCc2ccccc2)c2ncn([C@@H]3O[C@H](CO)[C@@H](O)[C@H]3O)c2n1. The van der Waals surface area contributed by atoms with Gasteiger partial charge in [0, 0.05) is 7.05 Å². The molecule has 4 rings (SSSR count). The number of benzene rings is 1. The van der Waals surface area contributed by atoms with Crippen LogP contribution in [0.5, 0.6) is 0 Å². The van der Waals surface area contributed by atoms with E-state index in [0.717, 1.165) is 12.1 Å². The number of nitrogens with zero attached hydrogens (tertiary/aromatic N) is 4. The summed E-state index contributed by atoms with van der Waals surface area (Å²) in [5.74, 6) is 0.434. The molecular weight excluding hydrogens is 362 g/mol. The standard InChI is InChI=1S/C19H23N5O4/c1-20-19-22-12(8-7-11-5-3-2-4-6-11)14-17(23-19)24(10-21-14)18-16(27)15(26)13(9-25)28-18/h2-6,10,13,15-16,18,25-27H,7-9H2,1H3,(H,20,22,23)/t13-,15-,16-,18-/m1/s1. The third-order valence-corrected chi connectivity index (χ3v) is 5.00. The van der Waals surface area contributed by atoms with Crippen LogP contribution in [0.3, 0.4) is 0 Å². The van der Waals surface area contributed by atoms with Gasteiger partial charge in [0.1, 0.15) is 23.8 Å². The lowest BCUT2D eigenvalue weighted by Gasteiger charge is -2.17. The third-order valence-electron chi connectivity index (χ3n) is 5.00. The molecule has 4 atom stereocenters. The number of ether oxygens (including phenoxy) is 1. The lowest BCUT2D eigenvalue weighted by Crippen LogP contribution is -2.33. The van der Waals surface area contributed by atoms with Crippen LogP contribution in [0.25, 0.3) is 11.2 Å². The van der Waals surface area contributed by atoms with Crippen molar-refractivity contribution >= 4 is 17.1 Å². The Morgan fingerprint density at radius 3 is 2.57 bits per heavy atom. The number of fused-ring (bicyclic) bond motifs is 1. The summed E-state index contributed by atoms with van der Waals surface area (Å²) in [6, 6.07) is 10.1. The van der Waals surface area contributed by atoms with Crippen LogP contribution < -0.4 is 5.32 Å². The third kappa shape index (κ3) is 3.33. The maximum Gasteiger partial charge on any atom is 0.224 e. The Labute approximate surface area is 161 Å². The van der Waals surface area contributed by atoms with E-state index in [9.17, 15) is 15.3 Å². The number of nitrogens with one attached hydrogen (secondary N) is 1. The summed E-state index contributed by atoms with van der Waals surface area (Å²) in [7, 11) is 1.73. The van der Waals surface area contributed by atoms with Gasteiger partial charge in [0.2, 0.25) is 5.95 Å². The van der Waals surface area contributed by atoms with Gasteiger partial charge >= 0.3 is 0 Å². The molecule has 0 amide bonds. The van der Waals surface area contributed by atoms with Crippen LogP contribution in [0.1, 0.15) is 17.5 Å². The Kier molecular flexibility index (Phi) is 5.23. The van der Waals surface area contributed by atoms with Crippen molar-refractivity contribution < 1.29 is 20.1 Å². The number of rotatable bonds is 6. The lowest BCUT2D eigenvalue weighted by molar-refractivity contribution is -0.0511. The zero-order chi connectivity index (χ0) is 19.7. The summed E-state index contributed by atoms with van der Waals surface area (Å²) in [6.45, 7) is -0.388. The molecule has 4 N–H and O–H groups in total. The fourth-order valence-corrected chi connectivity index (χ4v) is 3.46. The quantitative estimate of drug-likeness (QED) is 0.476. The highest BCUT2D eigenvalue weighted by atomic mass is 16.6. The fourth-order valence-electron chi connectivity index (χ4n) is 3.46. The largest absolute Gasteiger partial charge is 0.394 e. The lowest BCUT2D eigenvalue weighted by atomic mass is 10.1. The van der Waals surface area contributed by atoms with Gasteiger partial charge in [-0.2, -0.15) is 4.98 Å². The first-order valence-corrected chi connectivity index (χ1v) is 9.20. The topological polar surface area (TPSA) is 126 Å². The zero-order valence-corrected chi connectivity index (χ0v) is 15.4. The van der Waals surface area contributed by atoms with Gasteiger partial charge in [-0.05, 0) is 18.4 Å². The first kappa shape index (κ1) is 18.8. The van der Waals surface area contributed by atoms with Gasteiger partial charge in [-0.25, -0.2) is 9.97 Å². The number of hydrogen-bond acceptors (Lipinski definition) is 8. The highest BCUT2D eigenvalue weighted by Gasteiger charge is 2.44. The number of anilines is 1. The van der Waals surface area contributed by atoms with Gasteiger partial charge in [0.15, 0.2) is 11.9 Å². The first-order chi connectivity index (χ1) is 13.6. The minimum atomic E-state index is -1.20. The molecule has 28 heavy (non-hydrogen) atoms. The molecule has 1 saturated heterocycles. The molecule has 3 aromatic rings. The van der Waals surface area contributed by atoms with Crippen LogP contribution in [0.4, 0.5) is 5.95 Å². The van der Waals surface area contributed by atoms with Crippen molar-refractivity contribution in [3.8, 4) is 0 Å². The molecule has 3 heterocycles. The normalized spacial score (nSPS) is 24.7. The highest BCUT2D eigenvalue weighted by molar-refractivity contribution is 5.75. The maximum atomic E-state index is 10.3. The molecule has 1 aromatic carbocycles. The van der Waals surface area contributed by atoms with Crippen molar-refractivity contribution in [2.75, 3.05) is 19.0 Å². The molecule has 9 heteroatoms. The van der Waals surface area contributed by atoms with Crippen molar-refractivity contribution in [1.82, 2.24) is 19.5 Å². The van der Waals surface area contributed by atoms with E-state index in [4.69, 9.17) is 4.74 Å². The molecule has 0 saturated carbocycles. The van der Waals surface area contributed by atoms with E-state index in [-0.39, 0.29) is 6.61 Å². The predicted octanol–water partition coefficient (Wildman–Crippen LogP) is 0.265. The molecule has 1 fully saturated rings. The van der Waals surface area contributed by atoms with E-state index in [1.54, 1.807) is 11.6 Å². The summed E-state index contributed by atoms with van der Waals surface area (Å²) in [6.07, 6.45) is -1.14. The minimum Gasteiger partial charge on any atom is -0.394 e. The van der Waals surface area contributed by atoms with Crippen LogP contribution in [-0.2, 0) is 17.6 Å². The molecule has 148 valence electrons. The van der Waals surface area contributed by atoms with Crippen LogP contribution >= 0.6 is 0 Å². The summed E-state index contributed by atoms with van der Waals surface area (Å²) < 4.78 is 7.20. The molecule has 1 aliphatic rings. The van der Waals surface area contributed by atoms with E-state index in [1.165, 1.54) is 11.9 Å². The fraction of sp³-hybridized carbons (Fsp3) is 0.421. The second-order valence-corrected chi connectivity index (χ2v) is 6.78. The molecule has 0 unspecified atom stereocenters. The molecule has 0 radical (unpaired) electrons. The minimum absolute atomic E-state index is 0.388. The van der Waals surface area contributed by atoms with Crippen molar-refractivity contribution in [3.63, 3.8) is 0 Å². The maximum absolute atomic E-state index is 10.3. The van der Waals surface area contributed by atoms with Gasteiger partial charge in [-0.15, -0.1) is 0 Å². The Morgan fingerprint density at radius 2 is 1.89 bits per heavy atom. The Balaban J connectivity index is 1.69. The second-order valence-electron chi connectivity index (χ2n) is 6.78. The zero-order valence-electron chi connectivity index (χ0n) is 15.4. The Morgan fingerprint density at radius 1 is 1.11 bits per heavy atom. The Bertz CT molecular complexity index is 948. The molecule has 0 aliphatic carbocycles. The number of aliphatic hydroxyl groups excluding tert-OH is 3. The van der Waals surface area contributed by atoms with E-state index in [1.807, 2.05) is 18.2 Å². The molecule has 0 bridgehead atoms. The van der Waals surface area contributed by atoms with E-state index < -0.39 is 24.5 Å². The molecule has 2 aromatic heterocycles. The van der Waals surface area contributed by atoms with Crippen molar-refractivity contribution in [1.29, 1.82) is 0 Å².